The van der Waals surface area contributed by atoms with E-state index in [0.717, 1.165) is 5.56 Å². The highest BCUT2D eigenvalue weighted by Crippen LogP contribution is 2.27. The van der Waals surface area contributed by atoms with Crippen LogP contribution in [0.4, 0.5) is 4.39 Å². The Morgan fingerprint density at radius 1 is 1.26 bits per heavy atom. The second-order valence-electron chi connectivity index (χ2n) is 9.74. The van der Waals surface area contributed by atoms with Crippen molar-refractivity contribution >= 4 is 11.8 Å². The third-order valence-electron chi connectivity index (χ3n) is 6.69. The van der Waals surface area contributed by atoms with Crippen LogP contribution in [0.15, 0.2) is 61.1 Å². The molecule has 0 aliphatic carbocycles. The van der Waals surface area contributed by atoms with E-state index in [1.54, 1.807) is 66.5 Å². The summed E-state index contributed by atoms with van der Waals surface area (Å²) in [5.74, 6) is 4.72. The third-order valence-corrected chi connectivity index (χ3v) is 6.69. The Kier molecular flexibility index (Phi) is 8.89. The SMILES string of the molecule is C[C@H]1CN([C@@H](C)CO)C(=O)c2cc(C#Cc3ccccc3F)cnc2O[C@@H]1CN(C)C(=O)Cc1cccnc1. The monoisotopic (exact) mass is 530 g/mol. The normalized spacial score (nSPS) is 17.6. The van der Waals surface area contributed by atoms with Crippen molar-refractivity contribution in [1.82, 2.24) is 19.8 Å². The Morgan fingerprint density at radius 2 is 2.05 bits per heavy atom. The molecule has 3 heterocycles. The zero-order valence-corrected chi connectivity index (χ0v) is 22.2. The van der Waals surface area contributed by atoms with Gasteiger partial charge in [-0.1, -0.05) is 37.0 Å². The van der Waals surface area contributed by atoms with Gasteiger partial charge in [0, 0.05) is 43.7 Å². The second-order valence-corrected chi connectivity index (χ2v) is 9.74. The number of fused-ring (bicyclic) bond motifs is 1. The van der Waals surface area contributed by atoms with Gasteiger partial charge in [0.25, 0.3) is 5.91 Å². The fourth-order valence-corrected chi connectivity index (χ4v) is 4.27. The summed E-state index contributed by atoms with van der Waals surface area (Å²) in [6.45, 7) is 4.06. The van der Waals surface area contributed by atoms with Crippen LogP contribution in [0.2, 0.25) is 0 Å². The molecule has 39 heavy (non-hydrogen) atoms. The molecule has 2 amide bonds. The van der Waals surface area contributed by atoms with E-state index in [1.807, 2.05) is 13.0 Å². The van der Waals surface area contributed by atoms with Crippen molar-refractivity contribution in [3.63, 3.8) is 0 Å². The van der Waals surface area contributed by atoms with Crippen molar-refractivity contribution in [2.24, 2.45) is 5.92 Å². The quantitative estimate of drug-likeness (QED) is 0.493. The maximum Gasteiger partial charge on any atom is 0.259 e. The van der Waals surface area contributed by atoms with Crippen LogP contribution in [0.25, 0.3) is 0 Å². The molecule has 8 nitrogen and oxygen atoms in total. The van der Waals surface area contributed by atoms with E-state index in [0.29, 0.717) is 12.1 Å². The number of aromatic nitrogens is 2. The van der Waals surface area contributed by atoms with Crippen LogP contribution >= 0.6 is 0 Å². The molecule has 1 aliphatic rings. The van der Waals surface area contributed by atoms with Gasteiger partial charge in [-0.25, -0.2) is 9.37 Å². The molecule has 3 atom stereocenters. The van der Waals surface area contributed by atoms with Gasteiger partial charge in [-0.3, -0.25) is 14.6 Å². The average Bonchev–Trinajstić information content (AvgIpc) is 2.94. The molecule has 0 saturated carbocycles. The van der Waals surface area contributed by atoms with E-state index < -0.39 is 18.0 Å². The summed E-state index contributed by atoms with van der Waals surface area (Å²) in [5, 5.41) is 9.86. The first kappa shape index (κ1) is 27.7. The number of pyridine rings is 2. The fraction of sp³-hybridized carbons (Fsp3) is 0.333. The number of likely N-dealkylation sites (N-methyl/N-ethyl adjacent to an activating group) is 1. The summed E-state index contributed by atoms with van der Waals surface area (Å²) >= 11 is 0. The number of aliphatic hydroxyl groups is 1. The van der Waals surface area contributed by atoms with Crippen molar-refractivity contribution < 1.29 is 23.8 Å². The lowest BCUT2D eigenvalue weighted by Gasteiger charge is -2.37. The number of nitrogens with zero attached hydrogens (tertiary/aromatic N) is 4. The van der Waals surface area contributed by atoms with Crippen molar-refractivity contribution in [3.8, 4) is 17.7 Å². The molecular weight excluding hydrogens is 499 g/mol. The van der Waals surface area contributed by atoms with Gasteiger partial charge in [-0.05, 0) is 36.8 Å². The fourth-order valence-electron chi connectivity index (χ4n) is 4.27. The molecule has 1 aromatic carbocycles. The molecule has 0 radical (unpaired) electrons. The molecule has 1 N–H and O–H groups in total. The summed E-state index contributed by atoms with van der Waals surface area (Å²) in [4.78, 5) is 38.1. The number of rotatable bonds is 6. The molecule has 3 aromatic rings. The molecule has 9 heteroatoms. The summed E-state index contributed by atoms with van der Waals surface area (Å²) < 4.78 is 20.3. The Balaban J connectivity index is 1.62. The molecule has 1 aliphatic heterocycles. The molecule has 0 fully saturated rings. The minimum absolute atomic E-state index is 0.0931. The maximum absolute atomic E-state index is 14.0. The summed E-state index contributed by atoms with van der Waals surface area (Å²) in [5.41, 5.74) is 1.65. The molecular formula is C30H31FN4O4. The Hall–Kier alpha value is -4.29. The first-order valence-electron chi connectivity index (χ1n) is 12.7. The van der Waals surface area contributed by atoms with E-state index in [1.165, 1.54) is 12.3 Å². The van der Waals surface area contributed by atoms with Gasteiger partial charge in [0.15, 0.2) is 0 Å². The smallest absolute Gasteiger partial charge is 0.259 e. The van der Waals surface area contributed by atoms with E-state index in [4.69, 9.17) is 4.74 Å². The van der Waals surface area contributed by atoms with Crippen molar-refractivity contribution in [3.05, 3.63) is 89.1 Å². The number of carbonyl (C=O) groups excluding carboxylic acids is 2. The van der Waals surface area contributed by atoms with Gasteiger partial charge in [-0.15, -0.1) is 0 Å². The van der Waals surface area contributed by atoms with Crippen molar-refractivity contribution in [1.29, 1.82) is 0 Å². The van der Waals surface area contributed by atoms with Crippen LogP contribution in [0.3, 0.4) is 0 Å². The van der Waals surface area contributed by atoms with E-state index in [-0.39, 0.29) is 54.3 Å². The molecule has 0 unspecified atom stereocenters. The number of carbonyl (C=O) groups is 2. The number of benzene rings is 1. The standard InChI is InChI=1S/C30H31FN4O4/c1-20-17-35(21(2)19-36)30(38)25-13-23(10-11-24-8-4-5-9-26(24)31)16-33-29(25)39-27(20)18-34(3)28(37)14-22-7-6-12-32-15-22/h4-9,12-13,15-16,20-21,27,36H,14,17-19H2,1-3H3/t20-,21-,27+/m0/s1. The lowest BCUT2D eigenvalue weighted by molar-refractivity contribution is -0.130. The molecule has 202 valence electrons. The van der Waals surface area contributed by atoms with Gasteiger partial charge in [0.2, 0.25) is 11.8 Å². The van der Waals surface area contributed by atoms with Crippen LogP contribution < -0.4 is 4.74 Å². The predicted molar refractivity (Wildman–Crippen MR) is 143 cm³/mol. The Morgan fingerprint density at radius 3 is 2.77 bits per heavy atom. The highest BCUT2D eigenvalue weighted by molar-refractivity contribution is 5.97. The number of aliphatic hydroxyl groups excluding tert-OH is 1. The first-order valence-corrected chi connectivity index (χ1v) is 12.7. The summed E-state index contributed by atoms with van der Waals surface area (Å²) in [6, 6.07) is 10.9. The molecule has 0 saturated heterocycles. The van der Waals surface area contributed by atoms with Gasteiger partial charge >= 0.3 is 0 Å². The molecule has 0 spiro atoms. The van der Waals surface area contributed by atoms with Crippen LogP contribution in [-0.4, -0.2) is 75.6 Å². The van der Waals surface area contributed by atoms with Crippen LogP contribution in [-0.2, 0) is 11.2 Å². The minimum atomic E-state index is -0.476. The summed E-state index contributed by atoms with van der Waals surface area (Å²) in [7, 11) is 1.71. The molecule has 2 aromatic heterocycles. The number of hydrogen-bond donors (Lipinski definition) is 1. The Labute approximate surface area is 227 Å². The van der Waals surface area contributed by atoms with Gasteiger partial charge in [-0.2, -0.15) is 0 Å². The zero-order valence-electron chi connectivity index (χ0n) is 22.2. The van der Waals surface area contributed by atoms with Crippen LogP contribution in [0, 0.1) is 23.6 Å². The van der Waals surface area contributed by atoms with E-state index >= 15 is 0 Å². The zero-order chi connectivity index (χ0) is 27.9. The minimum Gasteiger partial charge on any atom is -0.472 e. The number of halogens is 1. The second kappa shape index (κ2) is 12.5. The highest BCUT2D eigenvalue weighted by Gasteiger charge is 2.34. The Bertz CT molecular complexity index is 1390. The van der Waals surface area contributed by atoms with E-state index in [9.17, 15) is 19.1 Å². The number of amides is 2. The largest absolute Gasteiger partial charge is 0.472 e. The predicted octanol–water partition coefficient (Wildman–Crippen LogP) is 2.94. The van der Waals surface area contributed by atoms with Gasteiger partial charge in [0.05, 0.1) is 31.2 Å². The van der Waals surface area contributed by atoms with Crippen molar-refractivity contribution in [2.75, 3.05) is 26.7 Å². The topological polar surface area (TPSA) is 95.9 Å². The third kappa shape index (κ3) is 6.78. The lowest BCUT2D eigenvalue weighted by atomic mass is 9.99. The molecule has 0 bridgehead atoms. The van der Waals surface area contributed by atoms with Gasteiger partial charge in [0.1, 0.15) is 17.5 Å². The average molecular weight is 531 g/mol. The first-order chi connectivity index (χ1) is 18.8. The lowest BCUT2D eigenvalue weighted by Crippen LogP contribution is -2.50. The number of ether oxygens (including phenoxy) is 1. The van der Waals surface area contributed by atoms with Crippen LogP contribution in [0.1, 0.15) is 40.9 Å². The van der Waals surface area contributed by atoms with Crippen LogP contribution in [0.5, 0.6) is 5.88 Å². The summed E-state index contributed by atoms with van der Waals surface area (Å²) in [6.07, 6.45) is 4.52. The maximum atomic E-state index is 14.0. The van der Waals surface area contributed by atoms with E-state index in [2.05, 4.69) is 21.8 Å². The highest BCUT2D eigenvalue weighted by atomic mass is 19.1. The number of hydrogen-bond acceptors (Lipinski definition) is 6. The van der Waals surface area contributed by atoms with Crippen molar-refractivity contribution in [2.45, 2.75) is 32.4 Å². The molecule has 4 rings (SSSR count). The van der Waals surface area contributed by atoms with Gasteiger partial charge < -0.3 is 19.6 Å².